The lowest BCUT2D eigenvalue weighted by Gasteiger charge is -2.24. The fourth-order valence-electron chi connectivity index (χ4n) is 3.28. The molecule has 0 unspecified atom stereocenters. The lowest BCUT2D eigenvalue weighted by Crippen LogP contribution is -2.35. The van der Waals surface area contributed by atoms with Gasteiger partial charge in [-0.3, -0.25) is 4.79 Å². The number of imidazole rings is 1. The molecule has 1 amide bonds. The van der Waals surface area contributed by atoms with Gasteiger partial charge >= 0.3 is 0 Å². The number of nitrogens with zero attached hydrogens (tertiary/aromatic N) is 3. The largest absolute Gasteiger partial charge is 0.497 e. The molecule has 0 bridgehead atoms. The second-order valence-electron chi connectivity index (χ2n) is 8.44. The van der Waals surface area contributed by atoms with E-state index in [0.717, 1.165) is 61.4 Å². The maximum Gasteiger partial charge on any atom is 0.242 e. The van der Waals surface area contributed by atoms with Gasteiger partial charge in [0.05, 0.1) is 18.1 Å². The number of fused-ring (bicyclic) bond motifs is 1. The molecule has 0 spiro atoms. The first kappa shape index (κ1) is 21.3. The third-order valence-electron chi connectivity index (χ3n) is 4.64. The predicted molar refractivity (Wildman–Crippen MR) is 111 cm³/mol. The van der Waals surface area contributed by atoms with Crippen molar-refractivity contribution in [2.75, 3.05) is 20.2 Å². The summed E-state index contributed by atoms with van der Waals surface area (Å²) in [5.41, 5.74) is 1.98. The number of ether oxygens (including phenoxy) is 1. The molecule has 2 aromatic rings. The molecule has 0 N–H and O–H groups in total. The van der Waals surface area contributed by atoms with Gasteiger partial charge < -0.3 is 14.2 Å². The minimum Gasteiger partial charge on any atom is -0.497 e. The van der Waals surface area contributed by atoms with Crippen molar-refractivity contribution in [1.82, 2.24) is 14.5 Å². The summed E-state index contributed by atoms with van der Waals surface area (Å²) in [4.78, 5) is 19.9. The Morgan fingerprint density at radius 2 is 1.93 bits per heavy atom. The van der Waals surface area contributed by atoms with E-state index < -0.39 is 0 Å². The van der Waals surface area contributed by atoms with Crippen molar-refractivity contribution in [2.45, 2.75) is 66.8 Å². The number of rotatable bonds is 9. The molecule has 1 aromatic carbocycles. The minimum absolute atomic E-state index is 0.0948. The maximum atomic E-state index is 13.1. The first-order valence-corrected chi connectivity index (χ1v) is 10.1. The van der Waals surface area contributed by atoms with E-state index in [9.17, 15) is 4.79 Å². The number of unbranched alkanes of at least 4 members (excludes halogenated alkanes) is 1. The van der Waals surface area contributed by atoms with E-state index >= 15 is 0 Å². The van der Waals surface area contributed by atoms with Crippen LogP contribution in [0.15, 0.2) is 18.2 Å². The summed E-state index contributed by atoms with van der Waals surface area (Å²) in [5, 5.41) is 0. The van der Waals surface area contributed by atoms with Crippen molar-refractivity contribution in [3.63, 3.8) is 0 Å². The van der Waals surface area contributed by atoms with Gasteiger partial charge in [0.1, 0.15) is 18.1 Å². The fraction of sp³-hybridized carbons (Fsp3) is 0.636. The van der Waals surface area contributed by atoms with Crippen molar-refractivity contribution < 1.29 is 9.53 Å². The van der Waals surface area contributed by atoms with E-state index in [2.05, 4.69) is 39.2 Å². The first-order valence-electron chi connectivity index (χ1n) is 10.1. The predicted octanol–water partition coefficient (Wildman–Crippen LogP) is 4.67. The van der Waals surface area contributed by atoms with Crippen molar-refractivity contribution in [3.8, 4) is 5.75 Å². The maximum absolute atomic E-state index is 13.1. The molecule has 1 aromatic heterocycles. The van der Waals surface area contributed by atoms with Gasteiger partial charge in [-0.05, 0) is 30.4 Å². The van der Waals surface area contributed by atoms with Crippen molar-refractivity contribution >= 4 is 16.9 Å². The Kier molecular flexibility index (Phi) is 7.28. The van der Waals surface area contributed by atoms with Crippen molar-refractivity contribution in [2.24, 2.45) is 5.41 Å². The average Bonchev–Trinajstić information content (AvgIpc) is 2.93. The van der Waals surface area contributed by atoms with Crippen LogP contribution in [0.1, 0.15) is 59.7 Å². The second kappa shape index (κ2) is 9.25. The summed E-state index contributed by atoms with van der Waals surface area (Å²) in [5.74, 6) is 1.92. The topological polar surface area (TPSA) is 47.4 Å². The molecule has 0 fully saturated rings. The zero-order valence-corrected chi connectivity index (χ0v) is 17.8. The summed E-state index contributed by atoms with van der Waals surface area (Å²) in [7, 11) is 1.66. The molecule has 0 saturated carbocycles. The molecular formula is C22H35N3O2. The van der Waals surface area contributed by atoms with Crippen molar-refractivity contribution in [3.05, 3.63) is 24.0 Å². The highest BCUT2D eigenvalue weighted by Gasteiger charge is 2.21. The third kappa shape index (κ3) is 5.72. The quantitative estimate of drug-likeness (QED) is 0.641. The number of aromatic nitrogens is 2. The zero-order valence-electron chi connectivity index (χ0n) is 17.8. The van der Waals surface area contributed by atoms with Crippen LogP contribution in [0, 0.1) is 5.41 Å². The van der Waals surface area contributed by atoms with E-state index in [0.29, 0.717) is 6.54 Å². The molecule has 150 valence electrons. The number of carbonyl (C=O) groups is 1. The van der Waals surface area contributed by atoms with E-state index in [4.69, 9.17) is 9.72 Å². The number of hydrogen-bond acceptors (Lipinski definition) is 3. The van der Waals surface area contributed by atoms with Gasteiger partial charge in [0.15, 0.2) is 0 Å². The highest BCUT2D eigenvalue weighted by molar-refractivity contribution is 5.82. The summed E-state index contributed by atoms with van der Waals surface area (Å²) in [6, 6.07) is 5.88. The summed E-state index contributed by atoms with van der Waals surface area (Å²) in [6.07, 6.45) is 3.93. The zero-order chi connectivity index (χ0) is 20.0. The van der Waals surface area contributed by atoms with Gasteiger partial charge in [0.25, 0.3) is 0 Å². The summed E-state index contributed by atoms with van der Waals surface area (Å²) >= 11 is 0. The molecule has 1 heterocycles. The van der Waals surface area contributed by atoms with Crippen molar-refractivity contribution in [1.29, 1.82) is 0 Å². The number of amides is 1. The Bertz CT molecular complexity index is 759. The molecule has 5 nitrogen and oxygen atoms in total. The Labute approximate surface area is 163 Å². The second-order valence-corrected chi connectivity index (χ2v) is 8.44. The van der Waals surface area contributed by atoms with Gasteiger partial charge in [-0.1, -0.05) is 41.0 Å². The lowest BCUT2D eigenvalue weighted by atomic mass is 9.92. The molecule has 0 aliphatic rings. The smallest absolute Gasteiger partial charge is 0.242 e. The van der Waals surface area contributed by atoms with Gasteiger partial charge in [-0.25, -0.2) is 4.98 Å². The molecule has 5 heteroatoms. The van der Waals surface area contributed by atoms with E-state index in [1.54, 1.807) is 7.11 Å². The molecule has 0 radical (unpaired) electrons. The standard InChI is InChI=1S/C22H35N3O2/c1-7-9-13-24(12-8-2)21(26)16-25-19-14-17(27-6)10-11-18(19)23-20(25)15-22(3,4)5/h10-11,14H,7-9,12-13,15-16H2,1-6H3. The molecule has 0 atom stereocenters. The van der Waals surface area contributed by atoms with E-state index in [-0.39, 0.29) is 11.3 Å². The summed E-state index contributed by atoms with van der Waals surface area (Å²) in [6.45, 7) is 12.8. The molecule has 0 saturated heterocycles. The summed E-state index contributed by atoms with van der Waals surface area (Å²) < 4.78 is 7.48. The SMILES string of the molecule is CCCCN(CCC)C(=O)Cn1c(CC(C)(C)C)nc2ccc(OC)cc21. The van der Waals surface area contributed by atoms with Crippen LogP contribution in [-0.2, 0) is 17.8 Å². The normalized spacial score (nSPS) is 11.8. The van der Waals surface area contributed by atoms with Crippen LogP contribution in [0.3, 0.4) is 0 Å². The van der Waals surface area contributed by atoms with E-state index in [1.807, 2.05) is 23.1 Å². The highest BCUT2D eigenvalue weighted by atomic mass is 16.5. The van der Waals surface area contributed by atoms with Crippen LogP contribution in [0.5, 0.6) is 5.75 Å². The monoisotopic (exact) mass is 373 g/mol. The van der Waals surface area contributed by atoms with Crippen LogP contribution in [0.25, 0.3) is 11.0 Å². The molecule has 27 heavy (non-hydrogen) atoms. The van der Waals surface area contributed by atoms with Gasteiger partial charge in [0, 0.05) is 25.6 Å². The van der Waals surface area contributed by atoms with Gasteiger partial charge in [-0.2, -0.15) is 0 Å². The molecular weight excluding hydrogens is 338 g/mol. The van der Waals surface area contributed by atoms with Crippen LogP contribution >= 0.6 is 0 Å². The highest BCUT2D eigenvalue weighted by Crippen LogP contribution is 2.26. The first-order chi connectivity index (χ1) is 12.8. The van der Waals surface area contributed by atoms with Gasteiger partial charge in [-0.15, -0.1) is 0 Å². The lowest BCUT2D eigenvalue weighted by molar-refractivity contribution is -0.132. The molecule has 0 aliphatic carbocycles. The Morgan fingerprint density at radius 1 is 1.19 bits per heavy atom. The van der Waals surface area contributed by atoms with Gasteiger partial charge in [0.2, 0.25) is 5.91 Å². The van der Waals surface area contributed by atoms with Crippen LogP contribution in [0.4, 0.5) is 0 Å². The molecule has 2 rings (SSSR count). The van der Waals surface area contributed by atoms with E-state index in [1.165, 1.54) is 0 Å². The van der Waals surface area contributed by atoms with Crippen LogP contribution < -0.4 is 4.74 Å². The van der Waals surface area contributed by atoms with Crippen LogP contribution in [-0.4, -0.2) is 40.6 Å². The Balaban J connectivity index is 2.40. The number of carbonyl (C=O) groups excluding carboxylic acids is 1. The molecule has 0 aliphatic heterocycles. The Morgan fingerprint density at radius 3 is 2.52 bits per heavy atom. The number of hydrogen-bond donors (Lipinski definition) is 0. The minimum atomic E-state index is 0.0948. The number of methoxy groups -OCH3 is 1. The fourth-order valence-corrected chi connectivity index (χ4v) is 3.28. The average molecular weight is 374 g/mol. The van der Waals surface area contributed by atoms with Crippen LogP contribution in [0.2, 0.25) is 0 Å². The Hall–Kier alpha value is -2.04. The third-order valence-corrected chi connectivity index (χ3v) is 4.64. The number of benzene rings is 1.